The van der Waals surface area contributed by atoms with Crippen LogP contribution in [0.5, 0.6) is 0 Å². The van der Waals surface area contributed by atoms with Crippen molar-refractivity contribution in [1.29, 1.82) is 0 Å². The average molecular weight is 481 g/mol. The molecule has 7 nitrogen and oxygen atoms in total. The van der Waals surface area contributed by atoms with E-state index in [-0.39, 0.29) is 5.75 Å². The van der Waals surface area contributed by atoms with Gasteiger partial charge in [0, 0.05) is 37.3 Å². The van der Waals surface area contributed by atoms with Crippen molar-refractivity contribution < 1.29 is 31.5 Å². The van der Waals surface area contributed by atoms with E-state index in [9.17, 15) is 21.6 Å². The smallest absolute Gasteiger partial charge is 0.475 e. The molecule has 3 aromatic rings. The fraction of sp³-hybridized carbons (Fsp3) is 0.273. The van der Waals surface area contributed by atoms with Crippen LogP contribution in [0.2, 0.25) is 0 Å². The number of aryl methyl sites for hydroxylation is 1. The third-order valence-corrected chi connectivity index (χ3v) is 6.87. The molecule has 0 bridgehead atoms. The maximum absolute atomic E-state index is 12.6. The lowest BCUT2D eigenvalue weighted by molar-refractivity contribution is -0.192. The molecule has 0 amide bonds. The number of carboxylic acids is 1. The van der Waals surface area contributed by atoms with E-state index < -0.39 is 22.0 Å². The molecule has 0 saturated heterocycles. The van der Waals surface area contributed by atoms with E-state index in [0.717, 1.165) is 28.0 Å². The Bertz CT molecular complexity index is 1290. The van der Waals surface area contributed by atoms with E-state index in [2.05, 4.69) is 18.3 Å². The molecule has 1 aliphatic heterocycles. The number of alkyl halides is 3. The zero-order valence-corrected chi connectivity index (χ0v) is 18.7. The number of rotatable bonds is 2. The number of halogens is 3. The highest BCUT2D eigenvalue weighted by molar-refractivity contribution is 7.91. The van der Waals surface area contributed by atoms with Gasteiger partial charge in [-0.2, -0.15) is 13.2 Å². The highest BCUT2D eigenvalue weighted by Crippen LogP contribution is 2.31. The van der Waals surface area contributed by atoms with E-state index in [1.165, 1.54) is 5.56 Å². The van der Waals surface area contributed by atoms with Crippen molar-refractivity contribution in [3.8, 4) is 0 Å². The molecule has 11 heteroatoms. The van der Waals surface area contributed by atoms with Gasteiger partial charge < -0.3 is 15.3 Å². The molecule has 0 spiro atoms. The lowest BCUT2D eigenvalue weighted by atomic mass is 10.1. The summed E-state index contributed by atoms with van der Waals surface area (Å²) in [5.41, 5.74) is 3.90. The molecule has 0 atom stereocenters. The van der Waals surface area contributed by atoms with Crippen molar-refractivity contribution in [2.24, 2.45) is 0 Å². The lowest BCUT2D eigenvalue weighted by Crippen LogP contribution is -2.26. The lowest BCUT2D eigenvalue weighted by Gasteiger charge is -2.23. The highest BCUT2D eigenvalue weighted by Gasteiger charge is 2.38. The van der Waals surface area contributed by atoms with Gasteiger partial charge in [0.1, 0.15) is 5.82 Å². The largest absolute Gasteiger partial charge is 0.490 e. The van der Waals surface area contributed by atoms with E-state index in [1.54, 1.807) is 12.1 Å². The minimum absolute atomic E-state index is 0.0898. The summed E-state index contributed by atoms with van der Waals surface area (Å²) in [5.74, 6) is -1.88. The number of fused-ring (bicyclic) bond motifs is 2. The Balaban J connectivity index is 0.000000383. The summed E-state index contributed by atoms with van der Waals surface area (Å²) < 4.78 is 56.9. The summed E-state index contributed by atoms with van der Waals surface area (Å²) in [6.07, 6.45) is -5.08. The van der Waals surface area contributed by atoms with E-state index in [1.807, 2.05) is 42.3 Å². The Morgan fingerprint density at radius 3 is 2.45 bits per heavy atom. The van der Waals surface area contributed by atoms with Crippen LogP contribution < -0.4 is 10.2 Å². The summed E-state index contributed by atoms with van der Waals surface area (Å²) in [7, 11) is -1.38. The zero-order chi connectivity index (χ0) is 24.4. The quantitative estimate of drug-likeness (QED) is 0.571. The van der Waals surface area contributed by atoms with Gasteiger partial charge in [0.15, 0.2) is 9.84 Å². The Labute approximate surface area is 188 Å². The fourth-order valence-electron chi connectivity index (χ4n) is 3.45. The summed E-state index contributed by atoms with van der Waals surface area (Å²) in [4.78, 5) is 16.2. The first-order chi connectivity index (χ1) is 15.4. The number of nitrogens with zero attached hydrogens (tertiary/aromatic N) is 2. The Kier molecular flexibility index (Phi) is 6.82. The van der Waals surface area contributed by atoms with E-state index in [4.69, 9.17) is 14.9 Å². The number of benzene rings is 2. The predicted octanol–water partition coefficient (Wildman–Crippen LogP) is 4.01. The molecule has 0 aliphatic carbocycles. The van der Waals surface area contributed by atoms with Gasteiger partial charge in [-0.1, -0.05) is 29.8 Å². The van der Waals surface area contributed by atoms with Gasteiger partial charge in [-0.05, 0) is 30.7 Å². The number of hydrogen-bond donors (Lipinski definition) is 2. The Morgan fingerprint density at radius 1 is 1.15 bits per heavy atom. The maximum atomic E-state index is 12.6. The first-order valence-electron chi connectivity index (χ1n) is 9.87. The molecule has 4 rings (SSSR count). The summed E-state index contributed by atoms with van der Waals surface area (Å²) in [6, 6.07) is 15.4. The van der Waals surface area contributed by atoms with Crippen LogP contribution in [0.15, 0.2) is 53.4 Å². The van der Waals surface area contributed by atoms with Gasteiger partial charge >= 0.3 is 12.1 Å². The number of carbonyl (C=O) groups is 1. The van der Waals surface area contributed by atoms with Gasteiger partial charge in [-0.15, -0.1) is 0 Å². The van der Waals surface area contributed by atoms with Crippen LogP contribution in [0.1, 0.15) is 11.1 Å². The van der Waals surface area contributed by atoms with Gasteiger partial charge in [-0.3, -0.25) is 0 Å². The summed E-state index contributed by atoms with van der Waals surface area (Å²) >= 11 is 0. The maximum Gasteiger partial charge on any atom is 0.490 e. The summed E-state index contributed by atoms with van der Waals surface area (Å²) in [6.45, 7) is 3.01. The molecule has 33 heavy (non-hydrogen) atoms. The van der Waals surface area contributed by atoms with Crippen molar-refractivity contribution in [1.82, 2.24) is 4.98 Å². The first-order valence-corrected chi connectivity index (χ1v) is 11.5. The third kappa shape index (κ3) is 5.54. The number of pyridine rings is 1. The topological polar surface area (TPSA) is 99.6 Å². The van der Waals surface area contributed by atoms with E-state index in [0.29, 0.717) is 18.0 Å². The van der Waals surface area contributed by atoms with Crippen LogP contribution in [0.3, 0.4) is 0 Å². The average Bonchev–Trinajstić information content (AvgIpc) is 2.89. The minimum atomic E-state index is -5.08. The van der Waals surface area contributed by atoms with Crippen LogP contribution in [-0.2, 0) is 21.2 Å². The Morgan fingerprint density at radius 2 is 1.82 bits per heavy atom. The van der Waals surface area contributed by atoms with Gasteiger partial charge in [0.25, 0.3) is 0 Å². The number of hydrogen-bond acceptors (Lipinski definition) is 6. The zero-order valence-electron chi connectivity index (χ0n) is 17.8. The van der Waals surface area contributed by atoms with E-state index >= 15 is 0 Å². The minimum Gasteiger partial charge on any atom is -0.475 e. The summed E-state index contributed by atoms with van der Waals surface area (Å²) in [5, 5.41) is 11.4. The standard InChI is InChI=1S/C20H21N3O2S.C2HF3O2/c1-14-7-8-17-16(11-14)18(21-2)12-20(22-17)23-9-10-26(24,25)19-6-4-3-5-15(19)13-23;3-2(4,5)1(6)7/h3-8,11-12H,9-10,13H2,1-2H3,(H,21,22);(H,6,7). The number of sulfone groups is 1. The van der Waals surface area contributed by atoms with Crippen LogP contribution in [0.4, 0.5) is 24.7 Å². The Hall–Kier alpha value is -3.34. The van der Waals surface area contributed by atoms with Crippen molar-refractivity contribution in [3.05, 3.63) is 59.7 Å². The molecule has 0 fully saturated rings. The highest BCUT2D eigenvalue weighted by atomic mass is 32.2. The number of anilines is 2. The second-order valence-electron chi connectivity index (χ2n) is 7.45. The van der Waals surface area contributed by atoms with Crippen molar-refractivity contribution in [2.45, 2.75) is 24.5 Å². The first kappa shape index (κ1) is 24.3. The van der Waals surface area contributed by atoms with Crippen LogP contribution in [0, 0.1) is 6.92 Å². The third-order valence-electron chi connectivity index (χ3n) is 5.09. The van der Waals surface area contributed by atoms with Gasteiger partial charge in [0.2, 0.25) is 0 Å². The molecule has 1 aliphatic rings. The van der Waals surface area contributed by atoms with Crippen molar-refractivity contribution in [3.63, 3.8) is 0 Å². The second-order valence-corrected chi connectivity index (χ2v) is 9.53. The van der Waals surface area contributed by atoms with Gasteiger partial charge in [-0.25, -0.2) is 18.2 Å². The second kappa shape index (κ2) is 9.26. The van der Waals surface area contributed by atoms with Gasteiger partial charge in [0.05, 0.1) is 16.2 Å². The molecule has 2 aromatic carbocycles. The molecule has 176 valence electrons. The molecule has 0 unspecified atom stereocenters. The molecule has 2 heterocycles. The molecule has 0 radical (unpaired) electrons. The molecular weight excluding hydrogens is 459 g/mol. The van der Waals surface area contributed by atoms with Crippen molar-refractivity contribution >= 4 is 38.2 Å². The fourth-order valence-corrected chi connectivity index (χ4v) is 4.95. The molecule has 1 aromatic heterocycles. The number of carboxylic acid groups (broad SMARTS) is 1. The molecular formula is C22H22F3N3O4S. The number of aliphatic carboxylic acids is 1. The molecule has 0 saturated carbocycles. The number of aromatic nitrogens is 1. The van der Waals surface area contributed by atoms with Crippen molar-refractivity contribution in [2.75, 3.05) is 29.6 Å². The molecule has 2 N–H and O–H groups in total. The van der Waals surface area contributed by atoms with Crippen LogP contribution in [-0.4, -0.2) is 50.0 Å². The van der Waals surface area contributed by atoms with Crippen LogP contribution in [0.25, 0.3) is 10.9 Å². The number of nitrogens with one attached hydrogen (secondary N) is 1. The normalized spacial score (nSPS) is 15.1. The SMILES string of the molecule is CNc1cc(N2CCS(=O)(=O)c3ccccc3C2)nc2ccc(C)cc12.O=C(O)C(F)(F)F. The van der Waals surface area contributed by atoms with Crippen LogP contribution >= 0.6 is 0 Å². The predicted molar refractivity (Wildman–Crippen MR) is 119 cm³/mol. The monoisotopic (exact) mass is 481 g/mol.